The Labute approximate surface area is 197 Å². The van der Waals surface area contributed by atoms with Crippen molar-refractivity contribution in [2.75, 3.05) is 19.0 Å². The number of rotatable bonds is 2. The van der Waals surface area contributed by atoms with E-state index in [1.165, 1.54) is 44.7 Å². The molecule has 0 saturated carbocycles. The van der Waals surface area contributed by atoms with Gasteiger partial charge in [0.1, 0.15) is 0 Å². The van der Waals surface area contributed by atoms with Gasteiger partial charge in [0.25, 0.3) is 0 Å². The topological polar surface area (TPSA) is 6.48 Å². The molecule has 0 amide bonds. The van der Waals surface area contributed by atoms with Crippen LogP contribution >= 0.6 is 0 Å². The zero-order valence-electron chi connectivity index (χ0n) is 19.6. The minimum Gasteiger partial charge on any atom is -0.382 e. The maximum atomic E-state index is 4.42. The molecule has 0 spiro atoms. The van der Waals surface area contributed by atoms with Gasteiger partial charge in [-0.1, -0.05) is 85.5 Å². The monoisotopic (exact) mass is 430 g/mol. The molecule has 0 radical (unpaired) electrons. The van der Waals surface area contributed by atoms with E-state index in [-0.39, 0.29) is 6.04 Å². The molecule has 5 rings (SSSR count). The third-order valence-electron chi connectivity index (χ3n) is 6.64. The lowest BCUT2D eigenvalue weighted by Crippen LogP contribution is -2.26. The fraction of sp³-hybridized carbons (Fsp3) is 0.161. The highest BCUT2D eigenvalue weighted by molar-refractivity contribution is 6.04. The van der Waals surface area contributed by atoms with Gasteiger partial charge in [0, 0.05) is 37.7 Å². The first-order chi connectivity index (χ1) is 16.1. The average molecular weight is 431 g/mol. The van der Waals surface area contributed by atoms with Gasteiger partial charge in [0.15, 0.2) is 0 Å². The lowest BCUT2D eigenvalue weighted by molar-refractivity contribution is 0.560. The quantitative estimate of drug-likeness (QED) is 0.416. The number of hydrogen-bond donors (Lipinski definition) is 0. The van der Waals surface area contributed by atoms with E-state index in [0.29, 0.717) is 0 Å². The summed E-state index contributed by atoms with van der Waals surface area (Å²) in [5.74, 6) is 0. The summed E-state index contributed by atoms with van der Waals surface area (Å²) in [5, 5.41) is 0. The maximum absolute atomic E-state index is 4.42. The second kappa shape index (κ2) is 8.63. The predicted molar refractivity (Wildman–Crippen MR) is 143 cm³/mol. The Hall–Kier alpha value is -3.78. The molecule has 1 atom stereocenters. The van der Waals surface area contributed by atoms with Gasteiger partial charge in [0.05, 0.1) is 6.04 Å². The summed E-state index contributed by atoms with van der Waals surface area (Å²) in [6.45, 7) is 6.71. The second-order valence-electron chi connectivity index (χ2n) is 9.00. The Kier molecular flexibility index (Phi) is 5.51. The SMILES string of the molecule is C=C1/C=C\CC2/C(=C(\C)c3ccccc3-c3ccccc31)c1ccccc1N2/C=C\N(C)C. The minimum atomic E-state index is 0.219. The molecule has 2 nitrogen and oxygen atoms in total. The second-order valence-corrected chi connectivity index (χ2v) is 9.00. The average Bonchev–Trinajstić information content (AvgIpc) is 3.14. The van der Waals surface area contributed by atoms with Crippen LogP contribution in [0.3, 0.4) is 0 Å². The molecular weight excluding hydrogens is 400 g/mol. The van der Waals surface area contributed by atoms with Gasteiger partial charge in [-0.25, -0.2) is 0 Å². The highest BCUT2D eigenvalue weighted by Gasteiger charge is 2.34. The molecule has 2 aliphatic rings. The first-order valence-corrected chi connectivity index (χ1v) is 11.5. The van der Waals surface area contributed by atoms with E-state index in [0.717, 1.165) is 12.0 Å². The Balaban J connectivity index is 1.81. The van der Waals surface area contributed by atoms with Crippen molar-refractivity contribution >= 4 is 22.4 Å². The van der Waals surface area contributed by atoms with Gasteiger partial charge in [-0.2, -0.15) is 0 Å². The highest BCUT2D eigenvalue weighted by atomic mass is 15.2. The van der Waals surface area contributed by atoms with E-state index >= 15 is 0 Å². The molecule has 164 valence electrons. The number of allylic oxidation sites excluding steroid dienone is 3. The largest absolute Gasteiger partial charge is 0.382 e. The third-order valence-corrected chi connectivity index (χ3v) is 6.64. The number of anilines is 1. The first kappa shape index (κ1) is 21.1. The Morgan fingerprint density at radius 3 is 2.09 bits per heavy atom. The van der Waals surface area contributed by atoms with Gasteiger partial charge < -0.3 is 9.80 Å². The van der Waals surface area contributed by atoms with Gasteiger partial charge in [0.2, 0.25) is 0 Å². The number of nitrogens with zero attached hydrogens (tertiary/aromatic N) is 2. The summed E-state index contributed by atoms with van der Waals surface area (Å²) in [6, 6.07) is 26.4. The maximum Gasteiger partial charge on any atom is 0.0630 e. The lowest BCUT2D eigenvalue weighted by atomic mass is 9.86. The molecular formula is C31H30N2. The van der Waals surface area contributed by atoms with Crippen LogP contribution in [-0.2, 0) is 0 Å². The number of para-hydroxylation sites is 1. The van der Waals surface area contributed by atoms with E-state index in [9.17, 15) is 0 Å². The Morgan fingerprint density at radius 1 is 0.818 bits per heavy atom. The zero-order chi connectivity index (χ0) is 22.9. The molecule has 1 heterocycles. The van der Waals surface area contributed by atoms with Crippen LogP contribution in [0.2, 0.25) is 0 Å². The number of hydrogen-bond acceptors (Lipinski definition) is 2. The van der Waals surface area contributed by atoms with Crippen LogP contribution in [0.25, 0.3) is 27.8 Å². The molecule has 2 heteroatoms. The van der Waals surface area contributed by atoms with E-state index in [1.54, 1.807) is 0 Å². The van der Waals surface area contributed by atoms with Crippen molar-refractivity contribution in [1.29, 1.82) is 0 Å². The van der Waals surface area contributed by atoms with Crippen LogP contribution in [0.4, 0.5) is 5.69 Å². The summed E-state index contributed by atoms with van der Waals surface area (Å²) in [6.07, 6.45) is 9.73. The molecule has 3 aromatic rings. The number of benzene rings is 3. The summed E-state index contributed by atoms with van der Waals surface area (Å²) < 4.78 is 0. The smallest absolute Gasteiger partial charge is 0.0630 e. The van der Waals surface area contributed by atoms with Crippen LogP contribution in [-0.4, -0.2) is 25.0 Å². The third kappa shape index (κ3) is 3.72. The summed E-state index contributed by atoms with van der Waals surface area (Å²) in [4.78, 5) is 4.51. The molecule has 1 aliphatic heterocycles. The molecule has 0 N–H and O–H groups in total. The predicted octanol–water partition coefficient (Wildman–Crippen LogP) is 7.48. The normalized spacial score (nSPS) is 20.5. The van der Waals surface area contributed by atoms with Crippen LogP contribution in [0.5, 0.6) is 0 Å². The van der Waals surface area contributed by atoms with Crippen molar-refractivity contribution in [2.45, 2.75) is 19.4 Å². The van der Waals surface area contributed by atoms with Crippen LogP contribution < -0.4 is 4.90 Å². The van der Waals surface area contributed by atoms with E-state index in [2.05, 4.69) is 135 Å². The summed E-state index contributed by atoms with van der Waals surface area (Å²) in [7, 11) is 4.13. The van der Waals surface area contributed by atoms with Crippen molar-refractivity contribution < 1.29 is 0 Å². The molecule has 0 aromatic heterocycles. The summed E-state index contributed by atoms with van der Waals surface area (Å²) in [5.41, 5.74) is 11.3. The van der Waals surface area contributed by atoms with Crippen molar-refractivity contribution in [1.82, 2.24) is 4.90 Å². The van der Waals surface area contributed by atoms with E-state index in [4.69, 9.17) is 0 Å². The van der Waals surface area contributed by atoms with Crippen LogP contribution in [0.1, 0.15) is 30.0 Å². The zero-order valence-corrected chi connectivity index (χ0v) is 19.6. The fourth-order valence-electron chi connectivity index (χ4n) is 5.10. The van der Waals surface area contributed by atoms with E-state index in [1.807, 2.05) is 0 Å². The first-order valence-electron chi connectivity index (χ1n) is 11.5. The molecule has 3 aromatic carbocycles. The van der Waals surface area contributed by atoms with Crippen molar-refractivity contribution in [2.24, 2.45) is 0 Å². The van der Waals surface area contributed by atoms with E-state index < -0.39 is 0 Å². The van der Waals surface area contributed by atoms with Gasteiger partial charge >= 0.3 is 0 Å². The fourth-order valence-corrected chi connectivity index (χ4v) is 5.10. The van der Waals surface area contributed by atoms with Gasteiger partial charge in [-0.05, 0) is 58.4 Å². The van der Waals surface area contributed by atoms with Crippen molar-refractivity contribution in [3.63, 3.8) is 0 Å². The van der Waals surface area contributed by atoms with Gasteiger partial charge in [-0.15, -0.1) is 0 Å². The molecule has 0 bridgehead atoms. The van der Waals surface area contributed by atoms with Crippen molar-refractivity contribution in [3.8, 4) is 11.1 Å². The van der Waals surface area contributed by atoms with Gasteiger partial charge in [-0.3, -0.25) is 0 Å². The number of fused-ring (bicyclic) bond motifs is 6. The van der Waals surface area contributed by atoms with Crippen LogP contribution in [0.15, 0.2) is 104 Å². The standard InChI is InChI=1S/C31H30N2/c1-22-12-11-19-30-31(28-17-9-10-18-29(28)33(30)21-20-32(3)4)23(2)25-14-6-8-16-27(25)26-15-7-5-13-24(22)26/h5-18,20-21,30H,1,19H2,2-4H3/b12-11-,21-20-,31-23+. The molecule has 1 aliphatic carbocycles. The molecule has 0 saturated heterocycles. The molecule has 33 heavy (non-hydrogen) atoms. The van der Waals surface area contributed by atoms with Crippen molar-refractivity contribution in [3.05, 3.63) is 121 Å². The van der Waals surface area contributed by atoms with Crippen LogP contribution in [0, 0.1) is 0 Å². The Bertz CT molecular complexity index is 1310. The summed E-state index contributed by atoms with van der Waals surface area (Å²) >= 11 is 0. The Morgan fingerprint density at radius 2 is 1.39 bits per heavy atom. The molecule has 0 fully saturated rings. The molecule has 1 unspecified atom stereocenters. The minimum absolute atomic E-state index is 0.219. The highest BCUT2D eigenvalue weighted by Crippen LogP contribution is 2.47. The lowest BCUT2D eigenvalue weighted by Gasteiger charge is -2.25.